The highest BCUT2D eigenvalue weighted by Crippen LogP contribution is 2.14. The molecule has 1 amide bonds. The molecule has 0 aromatic heterocycles. The summed E-state index contributed by atoms with van der Waals surface area (Å²) >= 11 is 1.48. The third-order valence-electron chi connectivity index (χ3n) is 2.30. The van der Waals surface area contributed by atoms with E-state index < -0.39 is 0 Å². The Morgan fingerprint density at radius 1 is 1.47 bits per heavy atom. The van der Waals surface area contributed by atoms with Crippen molar-refractivity contribution >= 4 is 29.2 Å². The number of anilines is 1. The van der Waals surface area contributed by atoms with Gasteiger partial charge in [-0.1, -0.05) is 5.16 Å². The molecule has 0 fully saturated rings. The maximum absolute atomic E-state index is 11.6. The van der Waals surface area contributed by atoms with Crippen LogP contribution in [-0.4, -0.2) is 36.0 Å². The van der Waals surface area contributed by atoms with E-state index in [0.29, 0.717) is 11.3 Å². The topological polar surface area (TPSA) is 78.9 Å². The standard InChI is InChI=1S/C11H15N3O2S/c1-14(10(15)7-17-2)9-5-3-8(4-6-9)11(12)13-16/h3-6,16H,7H2,1-2H3,(H2,12,13). The number of nitrogens with two attached hydrogens (primary N) is 1. The van der Waals surface area contributed by atoms with Crippen molar-refractivity contribution in [2.45, 2.75) is 0 Å². The first-order valence-electron chi connectivity index (χ1n) is 4.93. The van der Waals surface area contributed by atoms with Gasteiger partial charge in [0.2, 0.25) is 5.91 Å². The van der Waals surface area contributed by atoms with Gasteiger partial charge in [-0.05, 0) is 30.5 Å². The molecule has 0 aliphatic rings. The number of hydrogen-bond acceptors (Lipinski definition) is 4. The molecule has 0 unspecified atom stereocenters. The van der Waals surface area contributed by atoms with Gasteiger partial charge in [0.15, 0.2) is 5.84 Å². The maximum Gasteiger partial charge on any atom is 0.236 e. The third kappa shape index (κ3) is 3.39. The zero-order valence-electron chi connectivity index (χ0n) is 9.75. The zero-order valence-corrected chi connectivity index (χ0v) is 10.6. The molecule has 0 radical (unpaired) electrons. The Balaban J connectivity index is 2.84. The van der Waals surface area contributed by atoms with Crippen molar-refractivity contribution < 1.29 is 10.0 Å². The Bertz CT molecular complexity index is 417. The molecular formula is C11H15N3O2S. The zero-order chi connectivity index (χ0) is 12.8. The van der Waals surface area contributed by atoms with Crippen LogP contribution in [0, 0.1) is 0 Å². The number of thioether (sulfide) groups is 1. The Labute approximate surface area is 104 Å². The first-order valence-corrected chi connectivity index (χ1v) is 6.33. The monoisotopic (exact) mass is 253 g/mol. The van der Waals surface area contributed by atoms with Gasteiger partial charge in [0.25, 0.3) is 0 Å². The molecule has 0 aliphatic heterocycles. The molecule has 17 heavy (non-hydrogen) atoms. The first-order chi connectivity index (χ1) is 8.10. The number of benzene rings is 1. The maximum atomic E-state index is 11.6. The molecule has 0 saturated heterocycles. The van der Waals surface area contributed by atoms with Gasteiger partial charge in [0, 0.05) is 18.3 Å². The summed E-state index contributed by atoms with van der Waals surface area (Å²) in [7, 11) is 1.72. The van der Waals surface area contributed by atoms with Gasteiger partial charge in [-0.15, -0.1) is 0 Å². The Morgan fingerprint density at radius 3 is 2.53 bits per heavy atom. The minimum atomic E-state index is 0.0362. The molecule has 1 rings (SSSR count). The summed E-state index contributed by atoms with van der Waals surface area (Å²) in [6.07, 6.45) is 1.88. The molecule has 92 valence electrons. The third-order valence-corrected chi connectivity index (χ3v) is 2.84. The van der Waals surface area contributed by atoms with Crippen molar-refractivity contribution in [1.29, 1.82) is 0 Å². The van der Waals surface area contributed by atoms with Crippen molar-refractivity contribution in [2.24, 2.45) is 10.9 Å². The highest BCUT2D eigenvalue weighted by molar-refractivity contribution is 7.99. The van der Waals surface area contributed by atoms with Crippen LogP contribution >= 0.6 is 11.8 Å². The summed E-state index contributed by atoms with van der Waals surface area (Å²) in [5.74, 6) is 0.530. The SMILES string of the molecule is CSCC(=O)N(C)c1ccc(C(N)=NO)cc1. The molecule has 0 heterocycles. The number of oxime groups is 1. The summed E-state index contributed by atoms with van der Waals surface area (Å²) in [6, 6.07) is 6.91. The molecule has 3 N–H and O–H groups in total. The van der Waals surface area contributed by atoms with E-state index in [0.717, 1.165) is 5.69 Å². The van der Waals surface area contributed by atoms with Crippen LogP contribution in [0.5, 0.6) is 0 Å². The molecule has 1 aromatic carbocycles. The molecule has 0 aliphatic carbocycles. The summed E-state index contributed by atoms with van der Waals surface area (Å²) < 4.78 is 0. The molecular weight excluding hydrogens is 238 g/mol. The molecule has 0 spiro atoms. The van der Waals surface area contributed by atoms with E-state index in [1.807, 2.05) is 6.26 Å². The lowest BCUT2D eigenvalue weighted by atomic mass is 10.2. The summed E-state index contributed by atoms with van der Waals surface area (Å²) in [4.78, 5) is 13.2. The minimum Gasteiger partial charge on any atom is -0.409 e. The number of carbonyl (C=O) groups excluding carboxylic acids is 1. The number of hydrogen-bond donors (Lipinski definition) is 2. The fourth-order valence-corrected chi connectivity index (χ4v) is 1.72. The highest BCUT2D eigenvalue weighted by atomic mass is 32.2. The van der Waals surface area contributed by atoms with Crippen LogP contribution in [0.2, 0.25) is 0 Å². The smallest absolute Gasteiger partial charge is 0.236 e. The van der Waals surface area contributed by atoms with Gasteiger partial charge in [-0.3, -0.25) is 4.79 Å². The largest absolute Gasteiger partial charge is 0.409 e. The summed E-state index contributed by atoms with van der Waals surface area (Å²) in [5.41, 5.74) is 6.83. The van der Waals surface area contributed by atoms with Crippen LogP contribution < -0.4 is 10.6 Å². The average Bonchev–Trinajstić information content (AvgIpc) is 2.37. The normalized spacial score (nSPS) is 11.3. The fraction of sp³-hybridized carbons (Fsp3) is 0.273. The Morgan fingerprint density at radius 2 is 2.06 bits per heavy atom. The number of carbonyl (C=O) groups is 1. The molecule has 5 nitrogen and oxygen atoms in total. The molecule has 0 bridgehead atoms. The van der Waals surface area contributed by atoms with Gasteiger partial charge in [-0.2, -0.15) is 11.8 Å². The summed E-state index contributed by atoms with van der Waals surface area (Å²) in [5, 5.41) is 11.4. The van der Waals surface area contributed by atoms with Crippen LogP contribution in [0.3, 0.4) is 0 Å². The van der Waals surface area contributed by atoms with Crippen LogP contribution in [0.4, 0.5) is 5.69 Å². The molecule has 0 saturated carbocycles. The van der Waals surface area contributed by atoms with Crippen LogP contribution in [0.15, 0.2) is 29.4 Å². The molecule has 1 aromatic rings. The number of nitrogens with zero attached hydrogens (tertiary/aromatic N) is 2. The van der Waals surface area contributed by atoms with Gasteiger partial charge >= 0.3 is 0 Å². The second-order valence-corrected chi connectivity index (χ2v) is 4.28. The van der Waals surface area contributed by atoms with Crippen molar-refractivity contribution in [3.05, 3.63) is 29.8 Å². The van der Waals surface area contributed by atoms with E-state index >= 15 is 0 Å². The quantitative estimate of drug-likeness (QED) is 0.364. The first kappa shape index (κ1) is 13.4. The number of amidine groups is 1. The Hall–Kier alpha value is -1.69. The second kappa shape index (κ2) is 6.15. The van der Waals surface area contributed by atoms with E-state index in [2.05, 4.69) is 5.16 Å². The lowest BCUT2D eigenvalue weighted by Gasteiger charge is -2.17. The van der Waals surface area contributed by atoms with Gasteiger partial charge in [0.05, 0.1) is 5.75 Å². The van der Waals surface area contributed by atoms with Crippen molar-refractivity contribution in [3.63, 3.8) is 0 Å². The van der Waals surface area contributed by atoms with Crippen molar-refractivity contribution in [1.82, 2.24) is 0 Å². The van der Waals surface area contributed by atoms with E-state index in [4.69, 9.17) is 10.9 Å². The van der Waals surface area contributed by atoms with Gasteiger partial charge in [-0.25, -0.2) is 0 Å². The number of amides is 1. The van der Waals surface area contributed by atoms with E-state index in [1.54, 1.807) is 36.2 Å². The molecule has 6 heteroatoms. The molecule has 0 atom stereocenters. The lowest BCUT2D eigenvalue weighted by molar-refractivity contribution is -0.115. The minimum absolute atomic E-state index is 0.0362. The van der Waals surface area contributed by atoms with Gasteiger partial charge < -0.3 is 15.8 Å². The van der Waals surface area contributed by atoms with Crippen LogP contribution in [-0.2, 0) is 4.79 Å². The van der Waals surface area contributed by atoms with Crippen LogP contribution in [0.25, 0.3) is 0 Å². The van der Waals surface area contributed by atoms with E-state index in [1.165, 1.54) is 11.8 Å². The predicted molar refractivity (Wildman–Crippen MR) is 70.7 cm³/mol. The van der Waals surface area contributed by atoms with E-state index in [-0.39, 0.29) is 11.7 Å². The summed E-state index contributed by atoms with van der Waals surface area (Å²) in [6.45, 7) is 0. The fourth-order valence-electron chi connectivity index (χ4n) is 1.28. The number of rotatable bonds is 4. The lowest BCUT2D eigenvalue weighted by Crippen LogP contribution is -2.27. The van der Waals surface area contributed by atoms with Crippen LogP contribution in [0.1, 0.15) is 5.56 Å². The van der Waals surface area contributed by atoms with Crippen molar-refractivity contribution in [3.8, 4) is 0 Å². The predicted octanol–water partition coefficient (Wildman–Crippen LogP) is 1.11. The van der Waals surface area contributed by atoms with Gasteiger partial charge in [0.1, 0.15) is 0 Å². The van der Waals surface area contributed by atoms with E-state index in [9.17, 15) is 4.79 Å². The average molecular weight is 253 g/mol. The highest BCUT2D eigenvalue weighted by Gasteiger charge is 2.10. The second-order valence-electron chi connectivity index (χ2n) is 3.42. The van der Waals surface area contributed by atoms with Crippen molar-refractivity contribution in [2.75, 3.05) is 24.0 Å². The Kier molecular flexibility index (Phi) is 4.84.